The Bertz CT molecular complexity index is 534. The first-order valence-corrected chi connectivity index (χ1v) is 7.61. The van der Waals surface area contributed by atoms with Gasteiger partial charge in [-0.2, -0.15) is 13.2 Å². The van der Waals surface area contributed by atoms with E-state index in [2.05, 4.69) is 5.32 Å². The van der Waals surface area contributed by atoms with Crippen LogP contribution in [0.3, 0.4) is 0 Å². The minimum absolute atomic E-state index is 0.0675. The van der Waals surface area contributed by atoms with Crippen molar-refractivity contribution in [3.05, 3.63) is 29.8 Å². The van der Waals surface area contributed by atoms with Crippen LogP contribution in [-0.2, 0) is 11.2 Å². The number of carbonyl (C=O) groups is 1. The number of amides is 1. The summed E-state index contributed by atoms with van der Waals surface area (Å²) in [6.07, 6.45) is -3.16. The van der Waals surface area contributed by atoms with Crippen LogP contribution in [0, 0.1) is 0 Å². The van der Waals surface area contributed by atoms with E-state index in [1.807, 2.05) is 24.3 Å². The number of methoxy groups -OCH3 is 1. The van der Waals surface area contributed by atoms with Crippen LogP contribution in [0.4, 0.5) is 13.2 Å². The summed E-state index contributed by atoms with van der Waals surface area (Å²) in [5, 5.41) is 2.68. The molecule has 0 radical (unpaired) electrons. The molecule has 1 heterocycles. The second kappa shape index (κ2) is 7.68. The molecule has 0 spiro atoms. The Morgan fingerprint density at radius 1 is 1.39 bits per heavy atom. The third-order valence-electron chi connectivity index (χ3n) is 4.00. The number of para-hydroxylation sites is 1. The van der Waals surface area contributed by atoms with Gasteiger partial charge in [-0.05, 0) is 37.4 Å². The van der Waals surface area contributed by atoms with Crippen molar-refractivity contribution in [3.63, 3.8) is 0 Å². The van der Waals surface area contributed by atoms with Gasteiger partial charge in [-0.3, -0.25) is 9.69 Å². The van der Waals surface area contributed by atoms with Gasteiger partial charge < -0.3 is 10.1 Å². The molecular formula is C16H21F3N2O2. The highest BCUT2D eigenvalue weighted by Crippen LogP contribution is 2.32. The Labute approximate surface area is 133 Å². The second-order valence-corrected chi connectivity index (χ2v) is 5.58. The van der Waals surface area contributed by atoms with Crippen LogP contribution >= 0.6 is 0 Å². The molecule has 128 valence electrons. The van der Waals surface area contributed by atoms with E-state index in [0.29, 0.717) is 25.9 Å². The van der Waals surface area contributed by atoms with Crippen molar-refractivity contribution in [2.24, 2.45) is 0 Å². The maximum absolute atomic E-state index is 12.8. The summed E-state index contributed by atoms with van der Waals surface area (Å²) in [5.74, 6) is 0.356. The molecule has 1 aromatic rings. The summed E-state index contributed by atoms with van der Waals surface area (Å²) in [7, 11) is 1.57. The fraction of sp³-hybridized carbons (Fsp3) is 0.562. The van der Waals surface area contributed by atoms with Crippen LogP contribution in [0.2, 0.25) is 0 Å². The molecule has 2 rings (SSSR count). The van der Waals surface area contributed by atoms with E-state index in [0.717, 1.165) is 11.3 Å². The van der Waals surface area contributed by atoms with E-state index in [1.54, 1.807) is 7.11 Å². The minimum atomic E-state index is -4.27. The predicted molar refractivity (Wildman–Crippen MR) is 80.4 cm³/mol. The number of carbonyl (C=O) groups excluding carboxylic acids is 1. The summed E-state index contributed by atoms with van der Waals surface area (Å²) in [4.78, 5) is 13.1. The average Bonchev–Trinajstić information content (AvgIpc) is 2.96. The molecular weight excluding hydrogens is 309 g/mol. The smallest absolute Gasteiger partial charge is 0.404 e. The highest BCUT2D eigenvalue weighted by molar-refractivity contribution is 5.78. The van der Waals surface area contributed by atoms with Gasteiger partial charge in [-0.25, -0.2) is 0 Å². The lowest BCUT2D eigenvalue weighted by atomic mass is 10.1. The lowest BCUT2D eigenvalue weighted by molar-refractivity contribution is -0.176. The van der Waals surface area contributed by atoms with Gasteiger partial charge in [0.25, 0.3) is 0 Å². The summed E-state index contributed by atoms with van der Waals surface area (Å²) in [6.45, 7) is 0.462. The second-order valence-electron chi connectivity index (χ2n) is 5.58. The fourth-order valence-electron chi connectivity index (χ4n) is 2.87. The molecule has 7 heteroatoms. The van der Waals surface area contributed by atoms with E-state index in [-0.39, 0.29) is 18.9 Å². The van der Waals surface area contributed by atoms with Gasteiger partial charge in [0, 0.05) is 6.54 Å². The SMILES string of the molecule is COc1ccccc1CCNC(=O)CN1CCCC1C(F)(F)F. The lowest BCUT2D eigenvalue weighted by Crippen LogP contribution is -2.46. The van der Waals surface area contributed by atoms with Gasteiger partial charge in [0.2, 0.25) is 5.91 Å². The molecule has 1 unspecified atom stereocenters. The minimum Gasteiger partial charge on any atom is -0.496 e. The average molecular weight is 330 g/mol. The molecule has 0 bridgehead atoms. The number of hydrogen-bond donors (Lipinski definition) is 1. The number of nitrogens with one attached hydrogen (secondary N) is 1. The van der Waals surface area contributed by atoms with Crippen LogP contribution in [0.5, 0.6) is 5.75 Å². The topological polar surface area (TPSA) is 41.6 Å². The third kappa shape index (κ3) is 4.86. The fourth-order valence-corrected chi connectivity index (χ4v) is 2.87. The van der Waals surface area contributed by atoms with Crippen LogP contribution < -0.4 is 10.1 Å². The molecule has 0 saturated carbocycles. The first kappa shape index (κ1) is 17.6. The number of rotatable bonds is 6. The standard InChI is InChI=1S/C16H21F3N2O2/c1-23-13-6-3-2-5-12(13)8-9-20-15(22)11-21-10-4-7-14(21)16(17,18)19/h2-3,5-6,14H,4,7-11H2,1H3,(H,20,22). The van der Waals surface area contributed by atoms with Crippen molar-refractivity contribution in [1.82, 2.24) is 10.2 Å². The number of halogens is 3. The Kier molecular flexibility index (Phi) is 5.87. The summed E-state index contributed by atoms with van der Waals surface area (Å²) in [6, 6.07) is 5.95. The highest BCUT2D eigenvalue weighted by Gasteiger charge is 2.46. The molecule has 1 aliphatic rings. The van der Waals surface area contributed by atoms with Crippen LogP contribution in [0.15, 0.2) is 24.3 Å². The molecule has 1 saturated heterocycles. The van der Waals surface area contributed by atoms with Crippen molar-refractivity contribution in [1.29, 1.82) is 0 Å². The number of benzene rings is 1. The summed E-state index contributed by atoms with van der Waals surface area (Å²) < 4.78 is 43.7. The first-order valence-electron chi connectivity index (χ1n) is 7.61. The highest BCUT2D eigenvalue weighted by atomic mass is 19.4. The zero-order valence-electron chi connectivity index (χ0n) is 13.0. The van der Waals surface area contributed by atoms with Gasteiger partial charge in [-0.15, -0.1) is 0 Å². The molecule has 1 N–H and O–H groups in total. The molecule has 4 nitrogen and oxygen atoms in total. The Hall–Kier alpha value is -1.76. The number of nitrogens with zero attached hydrogens (tertiary/aromatic N) is 1. The van der Waals surface area contributed by atoms with E-state index >= 15 is 0 Å². The zero-order valence-corrected chi connectivity index (χ0v) is 13.0. The van der Waals surface area contributed by atoms with Gasteiger partial charge >= 0.3 is 6.18 Å². The molecule has 0 aliphatic carbocycles. The van der Waals surface area contributed by atoms with Gasteiger partial charge in [0.15, 0.2) is 0 Å². The van der Waals surface area contributed by atoms with Crippen LogP contribution in [-0.4, -0.2) is 49.8 Å². The van der Waals surface area contributed by atoms with Crippen LogP contribution in [0.1, 0.15) is 18.4 Å². The monoisotopic (exact) mass is 330 g/mol. The molecule has 23 heavy (non-hydrogen) atoms. The molecule has 0 aromatic heterocycles. The maximum Gasteiger partial charge on any atom is 0.404 e. The van der Waals surface area contributed by atoms with E-state index in [9.17, 15) is 18.0 Å². The number of likely N-dealkylation sites (tertiary alicyclic amines) is 1. The Morgan fingerprint density at radius 3 is 2.83 bits per heavy atom. The van der Waals surface area contributed by atoms with Crippen molar-refractivity contribution < 1.29 is 22.7 Å². The lowest BCUT2D eigenvalue weighted by Gasteiger charge is -2.25. The van der Waals surface area contributed by atoms with Crippen LogP contribution in [0.25, 0.3) is 0 Å². The van der Waals surface area contributed by atoms with E-state index < -0.39 is 12.2 Å². The molecule has 1 aromatic carbocycles. The summed E-state index contributed by atoms with van der Waals surface area (Å²) in [5.41, 5.74) is 0.949. The normalized spacial score (nSPS) is 18.9. The van der Waals surface area contributed by atoms with Crippen molar-refractivity contribution >= 4 is 5.91 Å². The van der Waals surface area contributed by atoms with Crippen molar-refractivity contribution in [3.8, 4) is 5.75 Å². The largest absolute Gasteiger partial charge is 0.496 e. The Morgan fingerprint density at radius 2 is 2.13 bits per heavy atom. The maximum atomic E-state index is 12.8. The number of hydrogen-bond acceptors (Lipinski definition) is 3. The number of ether oxygens (including phenoxy) is 1. The van der Waals surface area contributed by atoms with Crippen molar-refractivity contribution in [2.45, 2.75) is 31.5 Å². The first-order chi connectivity index (χ1) is 10.9. The molecule has 1 atom stereocenters. The number of alkyl halides is 3. The zero-order chi connectivity index (χ0) is 16.9. The Balaban J connectivity index is 1.79. The van der Waals surface area contributed by atoms with Crippen molar-refractivity contribution in [2.75, 3.05) is 26.7 Å². The summed E-state index contributed by atoms with van der Waals surface area (Å²) >= 11 is 0. The van der Waals surface area contributed by atoms with E-state index in [4.69, 9.17) is 4.74 Å². The van der Waals surface area contributed by atoms with Gasteiger partial charge in [0.05, 0.1) is 13.7 Å². The molecule has 1 amide bonds. The third-order valence-corrected chi connectivity index (χ3v) is 4.00. The van der Waals surface area contributed by atoms with Gasteiger partial charge in [0.1, 0.15) is 11.8 Å². The predicted octanol–water partition coefficient (Wildman–Crippen LogP) is 2.38. The molecule has 1 fully saturated rings. The van der Waals surface area contributed by atoms with Gasteiger partial charge in [-0.1, -0.05) is 18.2 Å². The molecule has 1 aliphatic heterocycles. The quantitative estimate of drug-likeness (QED) is 0.871. The van der Waals surface area contributed by atoms with E-state index in [1.165, 1.54) is 4.90 Å².